The van der Waals surface area contributed by atoms with E-state index in [0.29, 0.717) is 18.7 Å². The maximum absolute atomic E-state index is 13.6. The van der Waals surface area contributed by atoms with E-state index >= 15 is 0 Å². The molecular formula is C17H16F2N2O3S. The quantitative estimate of drug-likeness (QED) is 0.907. The molecule has 2 aromatic carbocycles. The fourth-order valence-electron chi connectivity index (χ4n) is 2.67. The van der Waals surface area contributed by atoms with Crippen molar-refractivity contribution in [3.63, 3.8) is 0 Å². The zero-order valence-corrected chi connectivity index (χ0v) is 14.0. The molecule has 0 radical (unpaired) electrons. The third-order valence-electron chi connectivity index (χ3n) is 3.92. The van der Waals surface area contributed by atoms with Gasteiger partial charge in [-0.05, 0) is 43.2 Å². The first-order valence-corrected chi connectivity index (χ1v) is 9.35. The van der Waals surface area contributed by atoms with Gasteiger partial charge in [0.15, 0.2) is 0 Å². The largest absolute Gasteiger partial charge is 0.319 e. The van der Waals surface area contributed by atoms with Crippen LogP contribution in [0.25, 0.3) is 0 Å². The molecule has 132 valence electrons. The Morgan fingerprint density at radius 2 is 1.88 bits per heavy atom. The fourth-order valence-corrected chi connectivity index (χ4v) is 4.30. The Bertz CT molecular complexity index is 916. The van der Waals surface area contributed by atoms with E-state index in [9.17, 15) is 22.0 Å². The van der Waals surface area contributed by atoms with E-state index in [1.807, 2.05) is 0 Å². The van der Waals surface area contributed by atoms with Crippen LogP contribution in [-0.2, 0) is 10.0 Å². The van der Waals surface area contributed by atoms with Gasteiger partial charge in [-0.25, -0.2) is 17.2 Å². The molecule has 0 bridgehead atoms. The number of sulfonamides is 1. The summed E-state index contributed by atoms with van der Waals surface area (Å²) in [5.74, 6) is -2.02. The summed E-state index contributed by atoms with van der Waals surface area (Å²) in [5, 5.41) is 2.30. The Labute approximate surface area is 144 Å². The summed E-state index contributed by atoms with van der Waals surface area (Å²) in [7, 11) is -3.40. The van der Waals surface area contributed by atoms with Crippen molar-refractivity contribution >= 4 is 27.3 Å². The molecule has 0 aromatic heterocycles. The first-order chi connectivity index (χ1) is 11.9. The van der Waals surface area contributed by atoms with Crippen molar-refractivity contribution < 1.29 is 22.0 Å². The molecule has 0 atom stereocenters. The van der Waals surface area contributed by atoms with E-state index in [1.54, 1.807) is 12.1 Å². The van der Waals surface area contributed by atoms with E-state index in [0.717, 1.165) is 24.6 Å². The minimum Gasteiger partial charge on any atom is -0.319 e. The van der Waals surface area contributed by atoms with Gasteiger partial charge in [0.2, 0.25) is 10.0 Å². The average Bonchev–Trinajstić information content (AvgIpc) is 2.58. The van der Waals surface area contributed by atoms with Crippen LogP contribution in [0.15, 0.2) is 42.5 Å². The van der Waals surface area contributed by atoms with E-state index in [2.05, 4.69) is 5.32 Å². The van der Waals surface area contributed by atoms with Crippen LogP contribution in [0.3, 0.4) is 0 Å². The van der Waals surface area contributed by atoms with Gasteiger partial charge in [-0.15, -0.1) is 0 Å². The van der Waals surface area contributed by atoms with Gasteiger partial charge < -0.3 is 5.32 Å². The Hall–Kier alpha value is -2.48. The summed E-state index contributed by atoms with van der Waals surface area (Å²) in [6.45, 7) is 0.353. The van der Waals surface area contributed by atoms with Crippen molar-refractivity contribution in [1.29, 1.82) is 0 Å². The lowest BCUT2D eigenvalue weighted by Gasteiger charge is -2.28. The fraction of sp³-hybridized carbons (Fsp3) is 0.235. The number of rotatable bonds is 3. The van der Waals surface area contributed by atoms with Crippen LogP contribution in [0.4, 0.5) is 20.2 Å². The van der Waals surface area contributed by atoms with Gasteiger partial charge in [-0.1, -0.05) is 6.07 Å². The molecule has 1 aliphatic rings. The number of nitrogens with one attached hydrogen (secondary N) is 1. The maximum Gasteiger partial charge on any atom is 0.255 e. The number of amides is 1. The minimum atomic E-state index is -3.40. The van der Waals surface area contributed by atoms with Gasteiger partial charge in [0, 0.05) is 18.2 Å². The monoisotopic (exact) mass is 366 g/mol. The number of hydrogen-bond acceptors (Lipinski definition) is 3. The smallest absolute Gasteiger partial charge is 0.255 e. The lowest BCUT2D eigenvalue weighted by molar-refractivity contribution is 0.102. The van der Waals surface area contributed by atoms with E-state index in [1.165, 1.54) is 16.4 Å². The predicted octanol–water partition coefficient (Wildman–Crippen LogP) is 3.15. The van der Waals surface area contributed by atoms with Crippen LogP contribution in [-0.4, -0.2) is 26.6 Å². The van der Waals surface area contributed by atoms with E-state index < -0.39 is 27.6 Å². The van der Waals surface area contributed by atoms with Gasteiger partial charge in [-0.2, -0.15) is 0 Å². The SMILES string of the molecule is O=C(Nc1cc(F)ccc1F)c1cccc(N2CCCCS2(=O)=O)c1. The summed E-state index contributed by atoms with van der Waals surface area (Å²) < 4.78 is 52.5. The highest BCUT2D eigenvalue weighted by Gasteiger charge is 2.26. The second kappa shape index (κ2) is 6.79. The highest BCUT2D eigenvalue weighted by atomic mass is 32.2. The second-order valence-electron chi connectivity index (χ2n) is 5.72. The van der Waals surface area contributed by atoms with E-state index in [-0.39, 0.29) is 17.0 Å². The molecule has 1 aliphatic heterocycles. The first-order valence-electron chi connectivity index (χ1n) is 7.74. The Morgan fingerprint density at radius 3 is 2.64 bits per heavy atom. The molecule has 3 rings (SSSR count). The number of anilines is 2. The van der Waals surface area contributed by atoms with Crippen molar-refractivity contribution in [3.05, 3.63) is 59.7 Å². The highest BCUT2D eigenvalue weighted by molar-refractivity contribution is 7.92. The van der Waals surface area contributed by atoms with Crippen molar-refractivity contribution in [2.45, 2.75) is 12.8 Å². The summed E-state index contributed by atoms with van der Waals surface area (Å²) >= 11 is 0. The predicted molar refractivity (Wildman–Crippen MR) is 91.1 cm³/mol. The normalized spacial score (nSPS) is 16.5. The molecule has 1 N–H and O–H groups in total. The van der Waals surface area contributed by atoms with Gasteiger partial charge in [0.1, 0.15) is 11.6 Å². The molecule has 1 heterocycles. The van der Waals surface area contributed by atoms with Crippen LogP contribution in [0.5, 0.6) is 0 Å². The average molecular weight is 366 g/mol. The molecule has 0 aliphatic carbocycles. The molecule has 0 saturated carbocycles. The molecule has 1 amide bonds. The zero-order valence-electron chi connectivity index (χ0n) is 13.2. The van der Waals surface area contributed by atoms with Gasteiger partial charge >= 0.3 is 0 Å². The number of nitrogens with zero attached hydrogens (tertiary/aromatic N) is 1. The van der Waals surface area contributed by atoms with Crippen molar-refractivity contribution in [2.24, 2.45) is 0 Å². The van der Waals surface area contributed by atoms with E-state index in [4.69, 9.17) is 0 Å². The zero-order chi connectivity index (χ0) is 18.0. The van der Waals surface area contributed by atoms with Crippen molar-refractivity contribution in [3.8, 4) is 0 Å². The van der Waals surface area contributed by atoms with Crippen LogP contribution in [0.1, 0.15) is 23.2 Å². The molecule has 8 heteroatoms. The molecule has 1 fully saturated rings. The lowest BCUT2D eigenvalue weighted by Crippen LogP contribution is -2.37. The molecule has 5 nitrogen and oxygen atoms in total. The van der Waals surface area contributed by atoms with Gasteiger partial charge in [-0.3, -0.25) is 9.10 Å². The van der Waals surface area contributed by atoms with Crippen molar-refractivity contribution in [1.82, 2.24) is 0 Å². The van der Waals surface area contributed by atoms with Crippen molar-refractivity contribution in [2.75, 3.05) is 21.9 Å². The Morgan fingerprint density at radius 1 is 1.08 bits per heavy atom. The summed E-state index contributed by atoms with van der Waals surface area (Å²) in [6, 6.07) is 8.81. The molecule has 2 aromatic rings. The van der Waals surface area contributed by atoms with Crippen LogP contribution < -0.4 is 9.62 Å². The summed E-state index contributed by atoms with van der Waals surface area (Å²) in [5.41, 5.74) is 0.259. The topological polar surface area (TPSA) is 66.5 Å². The third-order valence-corrected chi connectivity index (χ3v) is 5.79. The molecule has 0 unspecified atom stereocenters. The maximum atomic E-state index is 13.6. The lowest BCUT2D eigenvalue weighted by atomic mass is 10.1. The number of carbonyl (C=O) groups excluding carboxylic acids is 1. The number of hydrogen-bond donors (Lipinski definition) is 1. The number of benzene rings is 2. The van der Waals surface area contributed by atoms with Crippen LogP contribution in [0, 0.1) is 11.6 Å². The summed E-state index contributed by atoms with van der Waals surface area (Å²) in [4.78, 5) is 12.3. The van der Waals surface area contributed by atoms with Gasteiger partial charge in [0.25, 0.3) is 5.91 Å². The minimum absolute atomic E-state index is 0.0674. The highest BCUT2D eigenvalue weighted by Crippen LogP contribution is 2.25. The Kier molecular flexibility index (Phi) is 4.71. The molecule has 0 spiro atoms. The summed E-state index contributed by atoms with van der Waals surface area (Å²) in [6.07, 6.45) is 1.35. The number of carbonyl (C=O) groups is 1. The first kappa shape index (κ1) is 17.3. The van der Waals surface area contributed by atoms with Crippen LogP contribution in [0.2, 0.25) is 0 Å². The van der Waals surface area contributed by atoms with Gasteiger partial charge in [0.05, 0.1) is 17.1 Å². The molecular weight excluding hydrogens is 350 g/mol. The standard InChI is InChI=1S/C17H16F2N2O3S/c18-13-6-7-15(19)16(11-13)20-17(22)12-4-3-5-14(10-12)21-8-1-2-9-25(21,23)24/h3-7,10-11H,1-2,8-9H2,(H,20,22). The second-order valence-corrected chi connectivity index (χ2v) is 7.74. The van der Waals surface area contributed by atoms with Crippen LogP contribution >= 0.6 is 0 Å². The Balaban J connectivity index is 1.86. The molecule has 1 saturated heterocycles. The third kappa shape index (κ3) is 3.79. The molecule has 25 heavy (non-hydrogen) atoms. The number of halogens is 2.